The highest BCUT2D eigenvalue weighted by atomic mass is 16.5. The van der Waals surface area contributed by atoms with Crippen LogP contribution in [0.1, 0.15) is 0 Å². The summed E-state index contributed by atoms with van der Waals surface area (Å²) < 4.78 is 7.95. The Hall–Kier alpha value is -4.45. The van der Waals surface area contributed by atoms with Crippen molar-refractivity contribution in [2.24, 2.45) is 0 Å². The van der Waals surface area contributed by atoms with Crippen LogP contribution in [0.25, 0.3) is 38.8 Å². The zero-order chi connectivity index (χ0) is 20.8. The Bertz CT molecular complexity index is 1520. The number of anilines is 1. The number of nitrogens with zero attached hydrogens (tertiary/aromatic N) is 4. The summed E-state index contributed by atoms with van der Waals surface area (Å²) in [6, 6.07) is 19.7. The Morgan fingerprint density at radius 1 is 0.935 bits per heavy atom. The van der Waals surface area contributed by atoms with Gasteiger partial charge in [-0.15, -0.1) is 0 Å². The molecule has 6 heteroatoms. The number of hydrogen-bond acceptors (Lipinski definition) is 5. The molecule has 3 heterocycles. The third kappa shape index (κ3) is 2.93. The van der Waals surface area contributed by atoms with Gasteiger partial charge in [0.05, 0.1) is 10.9 Å². The SMILES string of the molecule is Nc1ncnc2c1c(-c1ccc3ccc(Oc4ccccc4)nc3c1)cn2C1=CC=C1. The van der Waals surface area contributed by atoms with Crippen molar-refractivity contribution in [1.29, 1.82) is 0 Å². The van der Waals surface area contributed by atoms with Gasteiger partial charge >= 0.3 is 0 Å². The molecule has 2 aromatic carbocycles. The van der Waals surface area contributed by atoms with Gasteiger partial charge < -0.3 is 15.0 Å². The number of benzene rings is 2. The summed E-state index contributed by atoms with van der Waals surface area (Å²) in [6.07, 6.45) is 9.62. The van der Waals surface area contributed by atoms with Crippen LogP contribution in [-0.4, -0.2) is 19.5 Å². The molecule has 0 atom stereocenters. The molecule has 2 N–H and O–H groups in total. The minimum absolute atomic E-state index is 0.455. The van der Waals surface area contributed by atoms with Crippen LogP contribution in [0.3, 0.4) is 0 Å². The average molecular weight is 403 g/mol. The number of nitrogen functional groups attached to an aromatic ring is 1. The summed E-state index contributed by atoms with van der Waals surface area (Å²) in [5, 5.41) is 1.86. The van der Waals surface area contributed by atoms with Gasteiger partial charge in [0.15, 0.2) is 5.65 Å². The number of nitrogens with two attached hydrogens (primary N) is 1. The average Bonchev–Trinajstić information content (AvgIpc) is 3.13. The van der Waals surface area contributed by atoms with Crippen LogP contribution in [0, 0.1) is 0 Å². The molecule has 0 aliphatic heterocycles. The van der Waals surface area contributed by atoms with Crippen LogP contribution in [0.15, 0.2) is 91.4 Å². The summed E-state index contributed by atoms with van der Waals surface area (Å²) in [4.78, 5) is 13.4. The normalized spacial score (nSPS) is 12.7. The van der Waals surface area contributed by atoms with E-state index in [0.717, 1.165) is 44.5 Å². The fourth-order valence-corrected chi connectivity index (χ4v) is 3.78. The number of aromatic nitrogens is 4. The van der Waals surface area contributed by atoms with E-state index in [1.165, 1.54) is 6.33 Å². The summed E-state index contributed by atoms with van der Waals surface area (Å²) in [7, 11) is 0. The van der Waals surface area contributed by atoms with Crippen LogP contribution in [-0.2, 0) is 0 Å². The van der Waals surface area contributed by atoms with E-state index < -0.39 is 0 Å². The largest absolute Gasteiger partial charge is 0.439 e. The van der Waals surface area contributed by atoms with E-state index in [1.54, 1.807) is 0 Å². The van der Waals surface area contributed by atoms with E-state index in [4.69, 9.17) is 15.5 Å². The van der Waals surface area contributed by atoms with E-state index >= 15 is 0 Å². The van der Waals surface area contributed by atoms with Crippen LogP contribution >= 0.6 is 0 Å². The van der Waals surface area contributed by atoms with E-state index in [0.29, 0.717) is 11.7 Å². The summed E-state index contributed by atoms with van der Waals surface area (Å²) in [5.41, 5.74) is 10.9. The highest BCUT2D eigenvalue weighted by molar-refractivity contribution is 6.03. The van der Waals surface area contributed by atoms with Gasteiger partial charge in [-0.25, -0.2) is 15.0 Å². The van der Waals surface area contributed by atoms with Gasteiger partial charge in [0.25, 0.3) is 0 Å². The summed E-state index contributed by atoms with van der Waals surface area (Å²) >= 11 is 0. The van der Waals surface area contributed by atoms with Crippen molar-refractivity contribution in [1.82, 2.24) is 19.5 Å². The quantitative estimate of drug-likeness (QED) is 0.433. The van der Waals surface area contributed by atoms with E-state index in [2.05, 4.69) is 28.3 Å². The molecule has 0 bridgehead atoms. The Labute approximate surface area is 178 Å². The van der Waals surface area contributed by atoms with Gasteiger partial charge in [-0.3, -0.25) is 0 Å². The third-order valence-corrected chi connectivity index (χ3v) is 5.37. The molecular formula is C25H17N5O. The molecule has 0 unspecified atom stereocenters. The van der Waals surface area contributed by atoms with Gasteiger partial charge in [0.1, 0.15) is 17.9 Å². The Morgan fingerprint density at radius 3 is 2.58 bits per heavy atom. The van der Waals surface area contributed by atoms with Crippen molar-refractivity contribution in [3.8, 4) is 22.8 Å². The number of fused-ring (bicyclic) bond motifs is 2. The number of para-hydroxylation sites is 1. The lowest BCUT2D eigenvalue weighted by molar-refractivity contribution is 0.465. The molecule has 148 valence electrons. The van der Waals surface area contributed by atoms with Crippen LogP contribution < -0.4 is 10.5 Å². The van der Waals surface area contributed by atoms with E-state index in [9.17, 15) is 0 Å². The number of hydrogen-bond donors (Lipinski definition) is 1. The molecule has 31 heavy (non-hydrogen) atoms. The van der Waals surface area contributed by atoms with E-state index in [-0.39, 0.29) is 0 Å². The Kier molecular flexibility index (Phi) is 3.83. The first-order valence-corrected chi connectivity index (χ1v) is 9.91. The lowest BCUT2D eigenvalue weighted by atomic mass is 10.0. The molecule has 0 spiro atoms. The van der Waals surface area contributed by atoms with Crippen molar-refractivity contribution >= 4 is 33.5 Å². The molecule has 0 radical (unpaired) electrons. The van der Waals surface area contributed by atoms with Crippen LogP contribution in [0.2, 0.25) is 0 Å². The molecule has 0 fully saturated rings. The van der Waals surface area contributed by atoms with Crippen molar-refractivity contribution in [2.75, 3.05) is 5.73 Å². The molecule has 0 saturated carbocycles. The third-order valence-electron chi connectivity index (χ3n) is 5.37. The van der Waals surface area contributed by atoms with Gasteiger partial charge in [-0.2, -0.15) is 0 Å². The van der Waals surface area contributed by atoms with Crippen molar-refractivity contribution in [2.45, 2.75) is 0 Å². The van der Waals surface area contributed by atoms with Crippen molar-refractivity contribution in [3.63, 3.8) is 0 Å². The fraction of sp³-hybridized carbons (Fsp3) is 0. The molecular weight excluding hydrogens is 386 g/mol. The fourth-order valence-electron chi connectivity index (χ4n) is 3.78. The Morgan fingerprint density at radius 2 is 1.77 bits per heavy atom. The van der Waals surface area contributed by atoms with Gasteiger partial charge in [0.2, 0.25) is 5.88 Å². The molecule has 3 aromatic heterocycles. The zero-order valence-electron chi connectivity index (χ0n) is 16.4. The maximum absolute atomic E-state index is 6.25. The Balaban J connectivity index is 1.48. The zero-order valence-corrected chi connectivity index (χ0v) is 16.4. The lowest BCUT2D eigenvalue weighted by Gasteiger charge is -2.09. The van der Waals surface area contributed by atoms with Crippen molar-refractivity contribution in [3.05, 3.63) is 91.4 Å². The second-order valence-corrected chi connectivity index (χ2v) is 7.29. The molecule has 1 aliphatic rings. The van der Waals surface area contributed by atoms with E-state index in [1.807, 2.05) is 71.3 Å². The molecule has 5 aromatic rings. The predicted octanol–water partition coefficient (Wildman–Crippen LogP) is 5.43. The monoisotopic (exact) mass is 403 g/mol. The van der Waals surface area contributed by atoms with Crippen LogP contribution in [0.4, 0.5) is 5.82 Å². The van der Waals surface area contributed by atoms with Gasteiger partial charge in [-0.05, 0) is 42.0 Å². The second-order valence-electron chi connectivity index (χ2n) is 7.29. The molecule has 6 rings (SSSR count). The standard InChI is InChI=1S/C25H17N5O/c26-24-23-20(14-30(18-5-4-6-18)25(23)28-15-27-24)17-10-9-16-11-12-22(29-21(16)13-17)31-19-7-2-1-3-8-19/h1-15H,(H2,26,27,28). The minimum Gasteiger partial charge on any atom is -0.439 e. The number of pyridine rings is 1. The smallest absolute Gasteiger partial charge is 0.219 e. The first kappa shape index (κ1) is 17.4. The first-order valence-electron chi connectivity index (χ1n) is 9.91. The maximum Gasteiger partial charge on any atom is 0.219 e. The first-order chi connectivity index (χ1) is 15.3. The maximum atomic E-state index is 6.25. The van der Waals surface area contributed by atoms with Gasteiger partial charge in [-0.1, -0.05) is 36.4 Å². The highest BCUT2D eigenvalue weighted by Gasteiger charge is 2.17. The topological polar surface area (TPSA) is 78.8 Å². The van der Waals surface area contributed by atoms with Gasteiger partial charge in [0, 0.05) is 28.9 Å². The highest BCUT2D eigenvalue weighted by Crippen LogP contribution is 2.36. The molecule has 1 aliphatic carbocycles. The molecule has 6 nitrogen and oxygen atoms in total. The number of allylic oxidation sites excluding steroid dienone is 4. The summed E-state index contributed by atoms with van der Waals surface area (Å²) in [5.74, 6) is 1.75. The predicted molar refractivity (Wildman–Crippen MR) is 123 cm³/mol. The molecule has 0 saturated heterocycles. The summed E-state index contributed by atoms with van der Waals surface area (Å²) in [6.45, 7) is 0. The van der Waals surface area contributed by atoms with Crippen molar-refractivity contribution < 1.29 is 4.74 Å². The minimum atomic E-state index is 0.455. The molecule has 0 amide bonds. The second kappa shape index (κ2) is 6.81. The number of rotatable bonds is 4. The van der Waals surface area contributed by atoms with Crippen LogP contribution in [0.5, 0.6) is 11.6 Å². The number of ether oxygens (including phenoxy) is 1. The lowest BCUT2D eigenvalue weighted by Crippen LogP contribution is -1.99.